The van der Waals surface area contributed by atoms with Gasteiger partial charge in [0.25, 0.3) is 5.91 Å². The SMILES string of the molecule is CCC1(C)C(=O)NC(=O)N1Cc1ccc(C(F)(F)F)cc1. The number of nitrogens with one attached hydrogen (secondary N) is 1. The Hall–Kier alpha value is -2.05. The van der Waals surface area contributed by atoms with E-state index in [2.05, 4.69) is 5.32 Å². The molecular weight excluding hydrogens is 285 g/mol. The maximum atomic E-state index is 12.5. The number of halogens is 3. The Kier molecular flexibility index (Phi) is 3.69. The fourth-order valence-electron chi connectivity index (χ4n) is 2.23. The number of amides is 3. The fraction of sp³-hybridized carbons (Fsp3) is 0.429. The summed E-state index contributed by atoms with van der Waals surface area (Å²) in [5.41, 5.74) is -1.18. The van der Waals surface area contributed by atoms with Gasteiger partial charge in [0.15, 0.2) is 0 Å². The van der Waals surface area contributed by atoms with E-state index in [1.54, 1.807) is 13.8 Å². The third-order valence-electron chi connectivity index (χ3n) is 3.86. The average molecular weight is 300 g/mol. The first kappa shape index (κ1) is 15.3. The Balaban J connectivity index is 2.21. The largest absolute Gasteiger partial charge is 0.416 e. The molecular formula is C14H15F3N2O2. The van der Waals surface area contributed by atoms with Crippen LogP contribution in [0.3, 0.4) is 0 Å². The van der Waals surface area contributed by atoms with Crippen LogP contribution in [0.15, 0.2) is 24.3 Å². The van der Waals surface area contributed by atoms with Gasteiger partial charge in [0.2, 0.25) is 0 Å². The minimum absolute atomic E-state index is 0.0834. The highest BCUT2D eigenvalue weighted by atomic mass is 19.4. The summed E-state index contributed by atoms with van der Waals surface area (Å²) in [5.74, 6) is -0.387. The molecule has 7 heteroatoms. The van der Waals surface area contributed by atoms with Crippen molar-refractivity contribution >= 4 is 11.9 Å². The van der Waals surface area contributed by atoms with Crippen LogP contribution >= 0.6 is 0 Å². The molecule has 0 aliphatic carbocycles. The fourth-order valence-corrected chi connectivity index (χ4v) is 2.23. The van der Waals surface area contributed by atoms with Gasteiger partial charge >= 0.3 is 12.2 Å². The molecule has 1 aromatic carbocycles. The first-order valence-electron chi connectivity index (χ1n) is 6.47. The normalized spacial score (nSPS) is 22.6. The van der Waals surface area contributed by atoms with Crippen LogP contribution in [0.25, 0.3) is 0 Å². The van der Waals surface area contributed by atoms with E-state index in [9.17, 15) is 22.8 Å². The van der Waals surface area contributed by atoms with E-state index >= 15 is 0 Å². The lowest BCUT2D eigenvalue weighted by molar-refractivity contribution is -0.137. The number of urea groups is 1. The summed E-state index contributed by atoms with van der Waals surface area (Å²) < 4.78 is 37.5. The van der Waals surface area contributed by atoms with Gasteiger partial charge in [0, 0.05) is 6.54 Å². The van der Waals surface area contributed by atoms with Crippen molar-refractivity contribution in [2.45, 2.75) is 38.5 Å². The monoisotopic (exact) mass is 300 g/mol. The second-order valence-electron chi connectivity index (χ2n) is 5.17. The third-order valence-corrected chi connectivity index (χ3v) is 3.86. The van der Waals surface area contributed by atoms with Gasteiger partial charge in [0.05, 0.1) is 5.56 Å². The molecule has 2 rings (SSSR count). The smallest absolute Gasteiger partial charge is 0.306 e. The molecule has 1 aliphatic heterocycles. The average Bonchev–Trinajstić information content (AvgIpc) is 2.62. The molecule has 1 heterocycles. The Labute approximate surface area is 119 Å². The lowest BCUT2D eigenvalue weighted by atomic mass is 9.96. The van der Waals surface area contributed by atoms with Gasteiger partial charge < -0.3 is 4.90 Å². The Morgan fingerprint density at radius 2 is 1.76 bits per heavy atom. The summed E-state index contributed by atoms with van der Waals surface area (Å²) in [6, 6.07) is 4.04. The lowest BCUT2D eigenvalue weighted by Crippen LogP contribution is -2.45. The molecule has 1 aromatic rings. The number of hydrogen-bond donors (Lipinski definition) is 1. The molecule has 114 valence electrons. The maximum absolute atomic E-state index is 12.5. The van der Waals surface area contributed by atoms with Crippen LogP contribution in [0.1, 0.15) is 31.4 Å². The van der Waals surface area contributed by atoms with Crippen molar-refractivity contribution in [2.24, 2.45) is 0 Å². The van der Waals surface area contributed by atoms with E-state index in [4.69, 9.17) is 0 Å². The van der Waals surface area contributed by atoms with Gasteiger partial charge in [-0.05, 0) is 31.0 Å². The van der Waals surface area contributed by atoms with Crippen LogP contribution in [0.4, 0.5) is 18.0 Å². The Morgan fingerprint density at radius 1 is 1.19 bits per heavy atom. The Bertz CT molecular complexity index is 569. The zero-order valence-corrected chi connectivity index (χ0v) is 11.6. The zero-order chi connectivity index (χ0) is 15.8. The topological polar surface area (TPSA) is 49.4 Å². The summed E-state index contributed by atoms with van der Waals surface area (Å²) >= 11 is 0. The molecule has 0 bridgehead atoms. The summed E-state index contributed by atoms with van der Waals surface area (Å²) in [6.45, 7) is 3.50. The number of benzene rings is 1. The van der Waals surface area contributed by atoms with E-state index in [0.717, 1.165) is 12.1 Å². The number of imide groups is 1. The summed E-state index contributed by atoms with van der Waals surface area (Å²) in [6.07, 6.45) is -3.97. The predicted octanol–water partition coefficient (Wildman–Crippen LogP) is 2.93. The van der Waals surface area contributed by atoms with Gasteiger partial charge in [-0.25, -0.2) is 4.79 Å². The molecule has 0 radical (unpaired) electrons. The molecule has 21 heavy (non-hydrogen) atoms. The highest BCUT2D eigenvalue weighted by Crippen LogP contribution is 2.30. The molecule has 1 atom stereocenters. The molecule has 1 aliphatic rings. The minimum atomic E-state index is -4.39. The van der Waals surface area contributed by atoms with Gasteiger partial charge in [-0.1, -0.05) is 19.1 Å². The number of hydrogen-bond acceptors (Lipinski definition) is 2. The molecule has 0 aromatic heterocycles. The van der Waals surface area contributed by atoms with Crippen LogP contribution in [-0.2, 0) is 17.5 Å². The molecule has 1 N–H and O–H groups in total. The zero-order valence-electron chi connectivity index (χ0n) is 11.6. The maximum Gasteiger partial charge on any atom is 0.416 e. The van der Waals surface area contributed by atoms with E-state index < -0.39 is 23.3 Å². The van der Waals surface area contributed by atoms with Crippen LogP contribution < -0.4 is 5.32 Å². The second kappa shape index (κ2) is 5.05. The van der Waals surface area contributed by atoms with Crippen LogP contribution in [0.2, 0.25) is 0 Å². The van der Waals surface area contributed by atoms with Gasteiger partial charge in [-0.2, -0.15) is 13.2 Å². The van der Waals surface area contributed by atoms with Crippen molar-refractivity contribution in [1.82, 2.24) is 10.2 Å². The van der Waals surface area contributed by atoms with E-state index in [1.807, 2.05) is 0 Å². The number of nitrogens with zero attached hydrogens (tertiary/aromatic N) is 1. The molecule has 1 fully saturated rings. The van der Waals surface area contributed by atoms with E-state index in [1.165, 1.54) is 17.0 Å². The summed E-state index contributed by atoms with van der Waals surface area (Å²) in [4.78, 5) is 25.0. The molecule has 3 amide bonds. The minimum Gasteiger partial charge on any atom is -0.306 e. The van der Waals surface area contributed by atoms with Crippen molar-refractivity contribution in [3.63, 3.8) is 0 Å². The summed E-state index contributed by atoms with van der Waals surface area (Å²) in [7, 11) is 0. The number of rotatable bonds is 3. The van der Waals surface area contributed by atoms with Gasteiger partial charge in [0.1, 0.15) is 5.54 Å². The molecule has 0 spiro atoms. The van der Waals surface area contributed by atoms with Crippen molar-refractivity contribution in [2.75, 3.05) is 0 Å². The number of alkyl halides is 3. The molecule has 0 saturated carbocycles. The van der Waals surface area contributed by atoms with Crippen molar-refractivity contribution in [1.29, 1.82) is 0 Å². The quantitative estimate of drug-likeness (QED) is 0.873. The standard InChI is InChI=1S/C14H15F3N2O2/c1-3-13(2)11(20)18-12(21)19(13)8-9-4-6-10(7-5-9)14(15,16)17/h4-7H,3,8H2,1-2H3,(H,18,20,21). The highest BCUT2D eigenvalue weighted by Gasteiger charge is 2.47. The van der Waals surface area contributed by atoms with Crippen LogP contribution in [-0.4, -0.2) is 22.4 Å². The lowest BCUT2D eigenvalue weighted by Gasteiger charge is -2.30. The molecule has 4 nitrogen and oxygen atoms in total. The number of carbonyl (C=O) groups excluding carboxylic acids is 2. The van der Waals surface area contributed by atoms with Crippen molar-refractivity contribution < 1.29 is 22.8 Å². The first-order valence-corrected chi connectivity index (χ1v) is 6.47. The van der Waals surface area contributed by atoms with E-state index in [-0.39, 0.29) is 12.5 Å². The van der Waals surface area contributed by atoms with Crippen LogP contribution in [0, 0.1) is 0 Å². The third kappa shape index (κ3) is 2.72. The Morgan fingerprint density at radius 3 is 2.24 bits per heavy atom. The number of carbonyl (C=O) groups is 2. The molecule has 1 saturated heterocycles. The van der Waals surface area contributed by atoms with Gasteiger partial charge in [-0.3, -0.25) is 10.1 Å². The van der Waals surface area contributed by atoms with Gasteiger partial charge in [-0.15, -0.1) is 0 Å². The predicted molar refractivity (Wildman–Crippen MR) is 69.2 cm³/mol. The van der Waals surface area contributed by atoms with Crippen molar-refractivity contribution in [3.8, 4) is 0 Å². The van der Waals surface area contributed by atoms with Crippen LogP contribution in [0.5, 0.6) is 0 Å². The van der Waals surface area contributed by atoms with Crippen molar-refractivity contribution in [3.05, 3.63) is 35.4 Å². The second-order valence-corrected chi connectivity index (χ2v) is 5.17. The highest BCUT2D eigenvalue weighted by molar-refractivity contribution is 6.06. The molecule has 1 unspecified atom stereocenters. The summed E-state index contributed by atoms with van der Waals surface area (Å²) in [5, 5.41) is 2.23. The first-order chi connectivity index (χ1) is 9.68. The van der Waals surface area contributed by atoms with E-state index in [0.29, 0.717) is 12.0 Å².